The van der Waals surface area contributed by atoms with Crippen molar-refractivity contribution in [3.63, 3.8) is 0 Å². The van der Waals surface area contributed by atoms with E-state index in [-0.39, 0.29) is 35.5 Å². The molecule has 5 aliphatic rings. The predicted molar refractivity (Wildman–Crippen MR) is 149 cm³/mol. The Kier molecular flexibility index (Phi) is 4.69. The maximum Gasteiger partial charge on any atom is 0.238 e. The van der Waals surface area contributed by atoms with E-state index in [1.54, 1.807) is 4.90 Å². The van der Waals surface area contributed by atoms with E-state index in [1.807, 2.05) is 36.0 Å². The van der Waals surface area contributed by atoms with Gasteiger partial charge in [-0.3, -0.25) is 9.59 Å². The number of rotatable bonds is 3. The fraction of sp³-hybridized carbons (Fsp3) is 0.281. The molecule has 182 valence electrons. The molecule has 2 amide bonds. The zero-order valence-electron chi connectivity index (χ0n) is 20.4. The molecule has 4 aromatic rings. The monoisotopic (exact) mass is 503 g/mol. The maximum atomic E-state index is 14.4. The van der Waals surface area contributed by atoms with E-state index in [1.165, 1.54) is 5.56 Å². The normalized spacial score (nSPS) is 30.2. The van der Waals surface area contributed by atoms with Crippen LogP contribution in [-0.2, 0) is 16.1 Å². The van der Waals surface area contributed by atoms with Crippen molar-refractivity contribution in [3.8, 4) is 0 Å². The highest BCUT2D eigenvalue weighted by molar-refractivity contribution is 8.12. The minimum absolute atomic E-state index is 0.0150. The Hall–Kier alpha value is -3.44. The number of amides is 2. The molecule has 3 aliphatic carbocycles. The van der Waals surface area contributed by atoms with Crippen LogP contribution in [-0.4, -0.2) is 33.2 Å². The van der Waals surface area contributed by atoms with Gasteiger partial charge in [-0.1, -0.05) is 90.6 Å². The van der Waals surface area contributed by atoms with Gasteiger partial charge in [-0.2, -0.15) is 0 Å². The van der Waals surface area contributed by atoms with Crippen molar-refractivity contribution in [1.29, 1.82) is 0 Å². The van der Waals surface area contributed by atoms with Gasteiger partial charge in [0.05, 0.1) is 22.8 Å². The second-order valence-electron chi connectivity index (χ2n) is 11.0. The minimum atomic E-state index is -0.226. The minimum Gasteiger partial charge on any atom is -0.274 e. The van der Waals surface area contributed by atoms with Gasteiger partial charge < -0.3 is 0 Å². The van der Waals surface area contributed by atoms with Gasteiger partial charge in [0.25, 0.3) is 0 Å². The Morgan fingerprint density at radius 3 is 2.05 bits per heavy atom. The highest BCUT2D eigenvalue weighted by Gasteiger charge is 2.68. The highest BCUT2D eigenvalue weighted by atomic mass is 32.2. The molecule has 4 nitrogen and oxygen atoms in total. The van der Waals surface area contributed by atoms with Crippen LogP contribution in [0.1, 0.15) is 18.4 Å². The topological polar surface area (TPSA) is 40.4 Å². The number of hydrogen-bond donors (Lipinski definition) is 0. The molecule has 0 radical (unpaired) electrons. The fourth-order valence-electron chi connectivity index (χ4n) is 7.83. The second-order valence-corrected chi connectivity index (χ2v) is 12.0. The average molecular weight is 504 g/mol. The van der Waals surface area contributed by atoms with Crippen LogP contribution in [0.3, 0.4) is 0 Å². The largest absolute Gasteiger partial charge is 0.274 e. The Labute approximate surface area is 220 Å². The molecule has 5 heteroatoms. The summed E-state index contributed by atoms with van der Waals surface area (Å²) in [5, 5.41) is 4.45. The molecule has 9 rings (SSSR count). The zero-order valence-corrected chi connectivity index (χ0v) is 21.2. The van der Waals surface area contributed by atoms with Gasteiger partial charge in [-0.25, -0.2) is 9.48 Å². The number of anilines is 1. The molecule has 1 saturated heterocycles. The molecule has 2 aliphatic heterocycles. The first-order chi connectivity index (χ1) is 18.2. The Balaban J connectivity index is 1.23. The van der Waals surface area contributed by atoms with Crippen LogP contribution in [0.15, 0.2) is 84.9 Å². The van der Waals surface area contributed by atoms with Gasteiger partial charge >= 0.3 is 0 Å². The van der Waals surface area contributed by atoms with Crippen molar-refractivity contribution in [3.05, 3.63) is 90.5 Å². The summed E-state index contributed by atoms with van der Waals surface area (Å²) in [5.74, 6) is 0.0498. The third-order valence-corrected chi connectivity index (χ3v) is 10.6. The number of hydrogen-bond acceptors (Lipinski definition) is 3. The molecular weight excluding hydrogens is 476 g/mol. The number of carbonyl (C=O) groups excluding carboxylic acids is 2. The first kappa shape index (κ1) is 21.6. The molecule has 3 saturated carbocycles. The van der Waals surface area contributed by atoms with Gasteiger partial charge in [0.2, 0.25) is 11.8 Å². The summed E-state index contributed by atoms with van der Waals surface area (Å²) in [7, 11) is 0. The summed E-state index contributed by atoms with van der Waals surface area (Å²) in [4.78, 5) is 30.2. The lowest BCUT2D eigenvalue weighted by Crippen LogP contribution is -2.58. The van der Waals surface area contributed by atoms with Gasteiger partial charge in [-0.15, -0.1) is 0 Å². The number of carbonyl (C=O) groups is 2. The summed E-state index contributed by atoms with van der Waals surface area (Å²) in [5.41, 5.74) is 4.35. The SMILES string of the molecule is O=C1C2C(C(=O)N1c1c3ccccc3cc3ccccc13)[C@@H]1CC[C@H]2[C@@H]2SC=[N+](Cc3ccccc3)[C@@H]21. The molecule has 4 aromatic carbocycles. The summed E-state index contributed by atoms with van der Waals surface area (Å²) in [6.45, 7) is 0.857. The quantitative estimate of drug-likeness (QED) is 0.200. The molecule has 2 heterocycles. The Morgan fingerprint density at radius 2 is 1.35 bits per heavy atom. The van der Waals surface area contributed by atoms with Gasteiger partial charge in [0.15, 0.2) is 18.1 Å². The van der Waals surface area contributed by atoms with E-state index in [0.29, 0.717) is 11.3 Å². The molecule has 0 spiro atoms. The summed E-state index contributed by atoms with van der Waals surface area (Å²) >= 11 is 1.89. The smallest absolute Gasteiger partial charge is 0.238 e. The van der Waals surface area contributed by atoms with Crippen molar-refractivity contribution in [2.75, 3.05) is 4.90 Å². The van der Waals surface area contributed by atoms with Crippen LogP contribution in [0, 0.1) is 23.7 Å². The average Bonchev–Trinajstić information content (AvgIpc) is 3.49. The fourth-order valence-corrected chi connectivity index (χ4v) is 9.37. The van der Waals surface area contributed by atoms with Crippen LogP contribution in [0.4, 0.5) is 5.69 Å². The third kappa shape index (κ3) is 3.01. The number of benzene rings is 4. The Morgan fingerprint density at radius 1 is 0.757 bits per heavy atom. The lowest BCUT2D eigenvalue weighted by molar-refractivity contribution is -0.587. The van der Waals surface area contributed by atoms with E-state index in [9.17, 15) is 9.59 Å². The van der Waals surface area contributed by atoms with Crippen molar-refractivity contribution < 1.29 is 14.2 Å². The molecule has 2 bridgehead atoms. The number of thioether (sulfide) groups is 1. The highest BCUT2D eigenvalue weighted by Crippen LogP contribution is 2.59. The standard InChI is InChI=1S/C32H27N2O2S/c35-31-26-24-14-15-25(30-29(24)33(18-37-30)17-19-8-2-1-3-9-19)27(26)32(36)34(31)28-22-12-6-4-10-20(22)16-21-11-5-7-13-23(21)28/h1-13,16,18,24-27,29-30H,14-15,17H2/q+1/t24-,25+,26?,27?,29+,30-/m0/s1. The van der Waals surface area contributed by atoms with Crippen molar-refractivity contribution in [1.82, 2.24) is 0 Å². The zero-order chi connectivity index (χ0) is 24.7. The van der Waals surface area contributed by atoms with Gasteiger partial charge in [-0.05, 0) is 35.6 Å². The molecule has 2 unspecified atom stereocenters. The predicted octanol–water partition coefficient (Wildman–Crippen LogP) is 5.86. The lowest BCUT2D eigenvalue weighted by atomic mass is 9.57. The summed E-state index contributed by atoms with van der Waals surface area (Å²) in [6.07, 6.45) is 2.06. The van der Waals surface area contributed by atoms with E-state index in [4.69, 9.17) is 0 Å². The molecular formula is C32H27N2O2S+. The lowest BCUT2D eigenvalue weighted by Gasteiger charge is -2.47. The van der Waals surface area contributed by atoms with Crippen LogP contribution in [0.2, 0.25) is 0 Å². The van der Waals surface area contributed by atoms with Gasteiger partial charge in [0.1, 0.15) is 0 Å². The number of fused-ring (bicyclic) bond motifs is 3. The Bertz CT molecular complexity index is 1580. The first-order valence-corrected chi connectivity index (χ1v) is 14.2. The van der Waals surface area contributed by atoms with E-state index < -0.39 is 0 Å². The van der Waals surface area contributed by atoms with Crippen molar-refractivity contribution in [2.45, 2.75) is 30.7 Å². The van der Waals surface area contributed by atoms with Crippen LogP contribution >= 0.6 is 11.8 Å². The van der Waals surface area contributed by atoms with E-state index in [2.05, 4.69) is 70.8 Å². The van der Waals surface area contributed by atoms with Crippen LogP contribution in [0.5, 0.6) is 0 Å². The van der Waals surface area contributed by atoms with Crippen molar-refractivity contribution >= 4 is 56.4 Å². The number of nitrogens with zero attached hydrogens (tertiary/aromatic N) is 2. The summed E-state index contributed by atoms with van der Waals surface area (Å²) < 4.78 is 2.46. The molecule has 0 N–H and O–H groups in total. The van der Waals surface area contributed by atoms with Crippen molar-refractivity contribution in [2.24, 2.45) is 23.7 Å². The number of imide groups is 1. The van der Waals surface area contributed by atoms with E-state index in [0.717, 1.165) is 46.6 Å². The second kappa shape index (κ2) is 8.03. The molecule has 4 fully saturated rings. The molecule has 0 aromatic heterocycles. The van der Waals surface area contributed by atoms with Crippen LogP contribution in [0.25, 0.3) is 21.5 Å². The van der Waals surface area contributed by atoms with Crippen LogP contribution < -0.4 is 4.90 Å². The molecule has 37 heavy (non-hydrogen) atoms. The third-order valence-electron chi connectivity index (χ3n) is 9.26. The van der Waals surface area contributed by atoms with E-state index >= 15 is 0 Å². The van der Waals surface area contributed by atoms with Gasteiger partial charge in [0, 0.05) is 22.3 Å². The molecule has 6 atom stereocenters. The first-order valence-electron chi connectivity index (χ1n) is 13.3. The maximum absolute atomic E-state index is 14.4. The summed E-state index contributed by atoms with van der Waals surface area (Å²) in [6, 6.07) is 29.3.